The quantitative estimate of drug-likeness (QED) is 0.898. The molecule has 2 heterocycles. The molecule has 1 amide bonds. The fourth-order valence-corrected chi connectivity index (χ4v) is 3.11. The van der Waals surface area contributed by atoms with Gasteiger partial charge in [-0.15, -0.1) is 0 Å². The van der Waals surface area contributed by atoms with Crippen LogP contribution in [-0.4, -0.2) is 55.8 Å². The number of morpholine rings is 1. The monoisotopic (exact) mass is 326 g/mol. The molecule has 5 nitrogen and oxygen atoms in total. The van der Waals surface area contributed by atoms with E-state index in [1.807, 2.05) is 0 Å². The lowest BCUT2D eigenvalue weighted by molar-refractivity contribution is -0.0498. The van der Waals surface area contributed by atoms with Crippen molar-refractivity contribution in [3.63, 3.8) is 0 Å². The van der Waals surface area contributed by atoms with E-state index in [0.29, 0.717) is 18.2 Å². The second kappa shape index (κ2) is 7.23. The molecule has 7 heteroatoms. The molecule has 1 aromatic carbocycles. The summed E-state index contributed by atoms with van der Waals surface area (Å²) in [5, 5.41) is 2.83. The lowest BCUT2D eigenvalue weighted by Crippen LogP contribution is -2.50. The van der Waals surface area contributed by atoms with Crippen LogP contribution in [-0.2, 0) is 4.74 Å². The van der Waals surface area contributed by atoms with Gasteiger partial charge in [0.05, 0.1) is 12.7 Å². The van der Waals surface area contributed by atoms with Crippen molar-refractivity contribution >= 4 is 5.91 Å². The molecule has 23 heavy (non-hydrogen) atoms. The van der Waals surface area contributed by atoms with E-state index < -0.39 is 6.61 Å². The summed E-state index contributed by atoms with van der Waals surface area (Å²) >= 11 is 0. The number of alkyl halides is 2. The number of nitrogens with one attached hydrogen (secondary N) is 1. The van der Waals surface area contributed by atoms with E-state index in [0.717, 1.165) is 19.7 Å². The molecule has 0 aliphatic carbocycles. The van der Waals surface area contributed by atoms with Crippen LogP contribution < -0.4 is 10.1 Å². The zero-order valence-corrected chi connectivity index (χ0v) is 12.7. The minimum Gasteiger partial charge on any atom is -0.435 e. The average Bonchev–Trinajstić information content (AvgIpc) is 3.00. The summed E-state index contributed by atoms with van der Waals surface area (Å²) in [6, 6.07) is 6.17. The van der Waals surface area contributed by atoms with Crippen LogP contribution in [0.3, 0.4) is 0 Å². The standard InChI is InChI=1S/C16H20F2N2O3/c17-16(18)23-13-5-3-11(4-6-13)15(21)19-8-14-9-20-7-1-2-12(20)10-22-14/h3-6,12,14,16H,1-2,7-10H2,(H,19,21)/t12-,14-/m0/s1. The Morgan fingerprint density at radius 2 is 2.17 bits per heavy atom. The van der Waals surface area contributed by atoms with Gasteiger partial charge in [0.1, 0.15) is 5.75 Å². The third kappa shape index (κ3) is 4.17. The number of carbonyl (C=O) groups excluding carboxylic acids is 1. The summed E-state index contributed by atoms with van der Waals surface area (Å²) in [5.41, 5.74) is 0.404. The number of carbonyl (C=O) groups is 1. The minimum absolute atomic E-state index is 0.00487. The van der Waals surface area contributed by atoms with Crippen molar-refractivity contribution in [2.24, 2.45) is 0 Å². The van der Waals surface area contributed by atoms with E-state index in [2.05, 4.69) is 15.0 Å². The molecule has 0 aromatic heterocycles. The maximum absolute atomic E-state index is 12.1. The van der Waals surface area contributed by atoms with Crippen molar-refractivity contribution in [3.05, 3.63) is 29.8 Å². The molecule has 1 N–H and O–H groups in total. The maximum Gasteiger partial charge on any atom is 0.387 e. The molecule has 0 unspecified atom stereocenters. The van der Waals surface area contributed by atoms with Gasteiger partial charge in [-0.1, -0.05) is 0 Å². The van der Waals surface area contributed by atoms with Crippen LogP contribution in [0, 0.1) is 0 Å². The van der Waals surface area contributed by atoms with E-state index in [1.165, 1.54) is 37.1 Å². The summed E-state index contributed by atoms with van der Waals surface area (Å²) in [7, 11) is 0. The highest BCUT2D eigenvalue weighted by molar-refractivity contribution is 5.94. The number of ether oxygens (including phenoxy) is 2. The number of amides is 1. The van der Waals surface area contributed by atoms with Gasteiger partial charge in [0.25, 0.3) is 5.91 Å². The molecule has 2 atom stereocenters. The Balaban J connectivity index is 1.47. The first kappa shape index (κ1) is 16.1. The number of hydrogen-bond donors (Lipinski definition) is 1. The summed E-state index contributed by atoms with van der Waals surface area (Å²) in [5.74, 6) is -0.215. The minimum atomic E-state index is -2.87. The Labute approximate surface area is 133 Å². The van der Waals surface area contributed by atoms with E-state index in [4.69, 9.17) is 4.74 Å². The van der Waals surface area contributed by atoms with E-state index >= 15 is 0 Å². The highest BCUT2D eigenvalue weighted by atomic mass is 19.3. The summed E-state index contributed by atoms with van der Waals surface area (Å²) in [6.45, 7) is 0.237. The predicted molar refractivity (Wildman–Crippen MR) is 79.7 cm³/mol. The average molecular weight is 326 g/mol. The lowest BCUT2D eigenvalue weighted by atomic mass is 10.1. The molecule has 2 aliphatic heterocycles. The van der Waals surface area contributed by atoms with Crippen LogP contribution in [0.25, 0.3) is 0 Å². The van der Waals surface area contributed by atoms with Crippen LogP contribution in [0.1, 0.15) is 23.2 Å². The Bertz CT molecular complexity index is 539. The third-order valence-electron chi connectivity index (χ3n) is 4.29. The number of fused-ring (bicyclic) bond motifs is 1. The molecule has 2 aliphatic rings. The van der Waals surface area contributed by atoms with Gasteiger partial charge in [0.15, 0.2) is 0 Å². The molecule has 0 saturated carbocycles. The number of nitrogens with zero attached hydrogens (tertiary/aromatic N) is 1. The first-order valence-electron chi connectivity index (χ1n) is 7.80. The number of halogens is 2. The second-order valence-electron chi connectivity index (χ2n) is 5.86. The van der Waals surface area contributed by atoms with Crippen molar-refractivity contribution in [1.82, 2.24) is 10.2 Å². The summed E-state index contributed by atoms with van der Waals surface area (Å²) < 4.78 is 34.2. The molecule has 2 fully saturated rings. The number of hydrogen-bond acceptors (Lipinski definition) is 4. The highest BCUT2D eigenvalue weighted by Crippen LogP contribution is 2.22. The van der Waals surface area contributed by atoms with Crippen LogP contribution >= 0.6 is 0 Å². The van der Waals surface area contributed by atoms with Crippen LogP contribution in [0.15, 0.2) is 24.3 Å². The van der Waals surface area contributed by atoms with Crippen molar-refractivity contribution < 1.29 is 23.0 Å². The van der Waals surface area contributed by atoms with Crippen molar-refractivity contribution in [1.29, 1.82) is 0 Å². The molecular weight excluding hydrogens is 306 g/mol. The largest absolute Gasteiger partial charge is 0.435 e. The molecule has 1 aromatic rings. The molecule has 0 bridgehead atoms. The fourth-order valence-electron chi connectivity index (χ4n) is 3.11. The first-order valence-corrected chi connectivity index (χ1v) is 7.80. The molecule has 2 saturated heterocycles. The van der Waals surface area contributed by atoms with Gasteiger partial charge in [0.2, 0.25) is 0 Å². The molecule has 126 valence electrons. The Morgan fingerprint density at radius 1 is 1.39 bits per heavy atom. The Hall–Kier alpha value is -1.73. The number of benzene rings is 1. The van der Waals surface area contributed by atoms with Gasteiger partial charge in [-0.3, -0.25) is 9.69 Å². The van der Waals surface area contributed by atoms with E-state index in [-0.39, 0.29) is 17.8 Å². The highest BCUT2D eigenvalue weighted by Gasteiger charge is 2.32. The van der Waals surface area contributed by atoms with Crippen LogP contribution in [0.5, 0.6) is 5.75 Å². The lowest BCUT2D eigenvalue weighted by Gasteiger charge is -2.35. The van der Waals surface area contributed by atoms with E-state index in [9.17, 15) is 13.6 Å². The second-order valence-corrected chi connectivity index (χ2v) is 5.86. The van der Waals surface area contributed by atoms with Gasteiger partial charge in [0, 0.05) is 24.7 Å². The van der Waals surface area contributed by atoms with Crippen LogP contribution in [0.4, 0.5) is 8.78 Å². The predicted octanol–water partition coefficient (Wildman–Crippen LogP) is 1.88. The molecule has 3 rings (SSSR count). The van der Waals surface area contributed by atoms with Crippen molar-refractivity contribution in [2.75, 3.05) is 26.2 Å². The zero-order chi connectivity index (χ0) is 16.2. The molecule has 0 spiro atoms. The fraction of sp³-hybridized carbons (Fsp3) is 0.562. The van der Waals surface area contributed by atoms with Crippen LogP contribution in [0.2, 0.25) is 0 Å². The summed E-state index contributed by atoms with van der Waals surface area (Å²) in [4.78, 5) is 14.5. The smallest absolute Gasteiger partial charge is 0.387 e. The first-order chi connectivity index (χ1) is 11.1. The number of rotatable bonds is 5. The normalized spacial score (nSPS) is 24.5. The van der Waals surface area contributed by atoms with Gasteiger partial charge >= 0.3 is 6.61 Å². The van der Waals surface area contributed by atoms with Crippen molar-refractivity contribution in [3.8, 4) is 5.75 Å². The third-order valence-corrected chi connectivity index (χ3v) is 4.29. The SMILES string of the molecule is O=C(NC[C@H]1CN2CCC[C@H]2CO1)c1ccc(OC(F)F)cc1. The summed E-state index contributed by atoms with van der Waals surface area (Å²) in [6.07, 6.45) is 2.39. The van der Waals surface area contributed by atoms with Crippen molar-refractivity contribution in [2.45, 2.75) is 31.6 Å². The topological polar surface area (TPSA) is 50.8 Å². The van der Waals surface area contributed by atoms with Gasteiger partial charge in [-0.05, 0) is 43.7 Å². The van der Waals surface area contributed by atoms with E-state index in [1.54, 1.807) is 0 Å². The van der Waals surface area contributed by atoms with Gasteiger partial charge < -0.3 is 14.8 Å². The Morgan fingerprint density at radius 3 is 2.91 bits per heavy atom. The maximum atomic E-state index is 12.1. The Kier molecular flexibility index (Phi) is 5.07. The van der Waals surface area contributed by atoms with Gasteiger partial charge in [-0.2, -0.15) is 8.78 Å². The zero-order valence-electron chi connectivity index (χ0n) is 12.7. The van der Waals surface area contributed by atoms with Gasteiger partial charge in [-0.25, -0.2) is 0 Å². The molecule has 0 radical (unpaired) electrons. The molecular formula is C16H20F2N2O3.